The van der Waals surface area contributed by atoms with Gasteiger partial charge in [-0.05, 0) is 24.3 Å². The number of benzene rings is 1. The number of nitrogens with zero attached hydrogens (tertiary/aromatic N) is 2. The van der Waals surface area contributed by atoms with E-state index in [-0.39, 0.29) is 5.82 Å². The average Bonchev–Trinajstić information content (AvgIpc) is 2.40. The summed E-state index contributed by atoms with van der Waals surface area (Å²) in [7, 11) is 0. The van der Waals surface area contributed by atoms with Gasteiger partial charge in [0.2, 0.25) is 0 Å². The fourth-order valence-corrected chi connectivity index (χ4v) is 1.50. The molecule has 2 rings (SSSR count). The minimum absolute atomic E-state index is 0.264. The van der Waals surface area contributed by atoms with Crippen LogP contribution in [0.25, 0.3) is 0 Å². The number of hydrogen-bond acceptors (Lipinski definition) is 5. The van der Waals surface area contributed by atoms with Crippen LogP contribution in [0.5, 0.6) is 0 Å². The number of hydrogen-bond donors (Lipinski definition) is 3. The molecule has 1 heterocycles. The first kappa shape index (κ1) is 12.6. The smallest absolute Gasteiger partial charge is 0.135 e. The fourth-order valence-electron chi connectivity index (χ4n) is 1.39. The summed E-state index contributed by atoms with van der Waals surface area (Å²) in [5.41, 5.74) is 0.773. The Morgan fingerprint density at radius 3 is 2.56 bits per heavy atom. The van der Waals surface area contributed by atoms with E-state index in [0.29, 0.717) is 5.82 Å². The standard InChI is InChI=1S/C12H13FN4S/c13-9-1-3-10(4-2-9)17-12-7-11(14-5-6-18)15-8-16-12/h1-4,7-8,18H,5-6H2,(H2,14,15,16,17). The van der Waals surface area contributed by atoms with E-state index in [1.807, 2.05) is 0 Å². The van der Waals surface area contributed by atoms with E-state index in [0.717, 1.165) is 23.8 Å². The van der Waals surface area contributed by atoms with Gasteiger partial charge in [0, 0.05) is 24.1 Å². The molecule has 94 valence electrons. The Hall–Kier alpha value is -1.82. The van der Waals surface area contributed by atoms with E-state index in [1.54, 1.807) is 18.2 Å². The molecule has 0 fully saturated rings. The third-order valence-electron chi connectivity index (χ3n) is 2.20. The molecular weight excluding hydrogens is 251 g/mol. The molecule has 2 aromatic rings. The van der Waals surface area contributed by atoms with E-state index in [1.165, 1.54) is 18.5 Å². The minimum Gasteiger partial charge on any atom is -0.369 e. The Bertz CT molecular complexity index is 504. The molecule has 0 aliphatic carbocycles. The van der Waals surface area contributed by atoms with Gasteiger partial charge in [-0.2, -0.15) is 12.6 Å². The molecule has 0 aliphatic rings. The van der Waals surface area contributed by atoms with Gasteiger partial charge in [-0.1, -0.05) is 0 Å². The second kappa shape index (κ2) is 6.20. The molecule has 0 unspecified atom stereocenters. The van der Waals surface area contributed by atoms with Crippen LogP contribution in [0.2, 0.25) is 0 Å². The highest BCUT2D eigenvalue weighted by Crippen LogP contribution is 2.16. The van der Waals surface area contributed by atoms with Crippen molar-refractivity contribution in [2.45, 2.75) is 0 Å². The van der Waals surface area contributed by atoms with Crippen molar-refractivity contribution in [3.8, 4) is 0 Å². The van der Waals surface area contributed by atoms with Crippen molar-refractivity contribution in [1.29, 1.82) is 0 Å². The highest BCUT2D eigenvalue weighted by Gasteiger charge is 1.99. The Morgan fingerprint density at radius 2 is 1.83 bits per heavy atom. The Labute approximate surface area is 110 Å². The van der Waals surface area contributed by atoms with E-state index < -0.39 is 0 Å². The lowest BCUT2D eigenvalue weighted by atomic mass is 10.3. The molecule has 0 amide bonds. The molecular formula is C12H13FN4S. The molecule has 0 atom stereocenters. The van der Waals surface area contributed by atoms with Crippen LogP contribution in [0.15, 0.2) is 36.7 Å². The van der Waals surface area contributed by atoms with E-state index in [9.17, 15) is 4.39 Å². The average molecular weight is 264 g/mol. The molecule has 6 heteroatoms. The number of anilines is 3. The maximum atomic E-state index is 12.8. The topological polar surface area (TPSA) is 49.8 Å². The lowest BCUT2D eigenvalue weighted by Crippen LogP contribution is -2.05. The summed E-state index contributed by atoms with van der Waals surface area (Å²) < 4.78 is 12.8. The summed E-state index contributed by atoms with van der Waals surface area (Å²) in [5.74, 6) is 1.84. The zero-order chi connectivity index (χ0) is 12.8. The van der Waals surface area contributed by atoms with Crippen LogP contribution in [0.1, 0.15) is 0 Å². The quantitative estimate of drug-likeness (QED) is 0.727. The van der Waals surface area contributed by atoms with E-state index in [2.05, 4.69) is 33.2 Å². The molecule has 0 saturated carbocycles. The molecule has 1 aromatic carbocycles. The SMILES string of the molecule is Fc1ccc(Nc2cc(NCCS)ncn2)cc1. The lowest BCUT2D eigenvalue weighted by Gasteiger charge is -2.07. The van der Waals surface area contributed by atoms with Gasteiger partial charge in [0.15, 0.2) is 0 Å². The molecule has 0 bridgehead atoms. The summed E-state index contributed by atoms with van der Waals surface area (Å²) in [6, 6.07) is 7.87. The largest absolute Gasteiger partial charge is 0.369 e. The summed E-state index contributed by atoms with van der Waals surface area (Å²) in [4.78, 5) is 8.17. The lowest BCUT2D eigenvalue weighted by molar-refractivity contribution is 0.628. The monoisotopic (exact) mass is 264 g/mol. The van der Waals surface area contributed by atoms with Gasteiger partial charge >= 0.3 is 0 Å². The van der Waals surface area contributed by atoms with Crippen molar-refractivity contribution < 1.29 is 4.39 Å². The van der Waals surface area contributed by atoms with Gasteiger partial charge in [0.05, 0.1) is 0 Å². The van der Waals surface area contributed by atoms with Crippen molar-refractivity contribution >= 4 is 30.0 Å². The van der Waals surface area contributed by atoms with Crippen molar-refractivity contribution in [2.24, 2.45) is 0 Å². The Morgan fingerprint density at radius 1 is 1.11 bits per heavy atom. The summed E-state index contributed by atoms with van der Waals surface area (Å²) >= 11 is 4.11. The second-order valence-corrected chi connectivity index (χ2v) is 4.02. The first-order chi connectivity index (χ1) is 8.78. The molecule has 0 radical (unpaired) electrons. The molecule has 0 saturated heterocycles. The maximum absolute atomic E-state index is 12.8. The van der Waals surface area contributed by atoms with Gasteiger partial charge < -0.3 is 10.6 Å². The number of nitrogens with one attached hydrogen (secondary N) is 2. The third-order valence-corrected chi connectivity index (χ3v) is 2.43. The molecule has 4 nitrogen and oxygen atoms in total. The van der Waals surface area contributed by atoms with Gasteiger partial charge in [0.1, 0.15) is 23.8 Å². The summed E-state index contributed by atoms with van der Waals surface area (Å²) in [6.07, 6.45) is 1.46. The van der Waals surface area contributed by atoms with Crippen LogP contribution in [0.4, 0.5) is 21.7 Å². The van der Waals surface area contributed by atoms with Crippen LogP contribution in [-0.2, 0) is 0 Å². The number of halogens is 1. The molecule has 0 aliphatic heterocycles. The van der Waals surface area contributed by atoms with Crippen LogP contribution in [-0.4, -0.2) is 22.3 Å². The summed E-state index contributed by atoms with van der Waals surface area (Å²) in [5, 5.41) is 6.17. The van der Waals surface area contributed by atoms with Crippen molar-refractivity contribution in [3.05, 3.63) is 42.5 Å². The van der Waals surface area contributed by atoms with Gasteiger partial charge in [-0.15, -0.1) is 0 Å². The highest BCUT2D eigenvalue weighted by atomic mass is 32.1. The van der Waals surface area contributed by atoms with E-state index >= 15 is 0 Å². The first-order valence-corrected chi connectivity index (χ1v) is 6.10. The zero-order valence-electron chi connectivity index (χ0n) is 9.60. The van der Waals surface area contributed by atoms with Crippen molar-refractivity contribution in [2.75, 3.05) is 22.9 Å². The van der Waals surface area contributed by atoms with Gasteiger partial charge in [-0.3, -0.25) is 0 Å². The maximum Gasteiger partial charge on any atom is 0.135 e. The van der Waals surface area contributed by atoms with Crippen LogP contribution >= 0.6 is 12.6 Å². The molecule has 18 heavy (non-hydrogen) atoms. The minimum atomic E-state index is -0.264. The number of rotatable bonds is 5. The molecule has 2 N–H and O–H groups in total. The van der Waals surface area contributed by atoms with Crippen LogP contribution < -0.4 is 10.6 Å². The first-order valence-electron chi connectivity index (χ1n) is 5.47. The van der Waals surface area contributed by atoms with Gasteiger partial charge in [-0.25, -0.2) is 14.4 Å². The summed E-state index contributed by atoms with van der Waals surface area (Å²) in [6.45, 7) is 0.732. The third kappa shape index (κ3) is 3.59. The predicted octanol–water partition coefficient (Wildman–Crippen LogP) is 2.70. The predicted molar refractivity (Wildman–Crippen MR) is 74.1 cm³/mol. The molecule has 0 spiro atoms. The van der Waals surface area contributed by atoms with Crippen LogP contribution in [0.3, 0.4) is 0 Å². The van der Waals surface area contributed by atoms with E-state index in [4.69, 9.17) is 0 Å². The second-order valence-electron chi connectivity index (χ2n) is 3.57. The van der Waals surface area contributed by atoms with Crippen molar-refractivity contribution in [1.82, 2.24) is 9.97 Å². The Kier molecular flexibility index (Phi) is 4.35. The fraction of sp³-hybridized carbons (Fsp3) is 0.167. The highest BCUT2D eigenvalue weighted by molar-refractivity contribution is 7.80. The van der Waals surface area contributed by atoms with Crippen molar-refractivity contribution in [3.63, 3.8) is 0 Å². The zero-order valence-corrected chi connectivity index (χ0v) is 10.5. The Balaban J connectivity index is 2.06. The number of aromatic nitrogens is 2. The molecule has 1 aromatic heterocycles. The number of thiol groups is 1. The van der Waals surface area contributed by atoms with Crippen LogP contribution in [0, 0.1) is 5.82 Å². The normalized spacial score (nSPS) is 10.1. The van der Waals surface area contributed by atoms with Gasteiger partial charge in [0.25, 0.3) is 0 Å².